The normalized spacial score (nSPS) is 25.2. The lowest BCUT2D eigenvalue weighted by atomic mass is 9.81. The number of carbonyl (C=O) groups is 2. The van der Waals surface area contributed by atoms with Crippen LogP contribution in [0, 0.1) is 6.92 Å². The number of hydrogen-bond acceptors (Lipinski definition) is 4. The third kappa shape index (κ3) is 3.48. The largest absolute Gasteiger partial charge is 0.485 e. The van der Waals surface area contributed by atoms with Crippen LogP contribution in [0.25, 0.3) is 0 Å². The highest BCUT2D eigenvalue weighted by molar-refractivity contribution is 5.97. The topological polar surface area (TPSA) is 85.3 Å². The molecule has 7 nitrogen and oxygen atoms in total. The molecule has 1 aromatic carbocycles. The summed E-state index contributed by atoms with van der Waals surface area (Å²) >= 11 is 0. The van der Waals surface area contributed by atoms with E-state index in [1.54, 1.807) is 16.9 Å². The lowest BCUT2D eigenvalue weighted by molar-refractivity contribution is -0.125. The van der Waals surface area contributed by atoms with E-state index in [2.05, 4.69) is 15.7 Å². The average Bonchev–Trinajstić information content (AvgIpc) is 3.08. The first-order valence-electron chi connectivity index (χ1n) is 9.84. The van der Waals surface area contributed by atoms with Crippen molar-refractivity contribution in [1.29, 1.82) is 0 Å². The van der Waals surface area contributed by atoms with Gasteiger partial charge in [-0.15, -0.1) is 0 Å². The molecule has 2 amide bonds. The zero-order valence-corrected chi connectivity index (χ0v) is 16.3. The van der Waals surface area contributed by atoms with Gasteiger partial charge in [0, 0.05) is 17.9 Å². The van der Waals surface area contributed by atoms with Crippen molar-refractivity contribution < 1.29 is 14.3 Å². The molecule has 1 aromatic heterocycles. The Morgan fingerprint density at radius 1 is 1.32 bits per heavy atom. The second kappa shape index (κ2) is 7.30. The summed E-state index contributed by atoms with van der Waals surface area (Å²) in [5.41, 5.74) is 1.14. The number of para-hydroxylation sites is 1. The average molecular weight is 382 g/mol. The molecular formula is C21H26N4O3. The summed E-state index contributed by atoms with van der Waals surface area (Å²) in [6, 6.07) is 9.02. The highest BCUT2D eigenvalue weighted by Crippen LogP contribution is 2.36. The van der Waals surface area contributed by atoms with Crippen LogP contribution in [0.2, 0.25) is 0 Å². The van der Waals surface area contributed by atoms with Crippen molar-refractivity contribution in [2.45, 2.75) is 57.2 Å². The van der Waals surface area contributed by atoms with E-state index in [1.807, 2.05) is 38.1 Å². The standard InChI is InChI=1S/C21H26N4O3/c1-14-9-12-23-25(14)15(2)19(26)24-16-7-10-21(11-8-16)13-22-20(27)17-5-3-4-6-18(17)28-21/h3-6,9,12,15-16H,7-8,10-11,13H2,1-2H3,(H,22,27)(H,24,26)/t15-,16?,21?/m1/s1. The molecule has 0 bridgehead atoms. The zero-order valence-electron chi connectivity index (χ0n) is 16.3. The van der Waals surface area contributed by atoms with Gasteiger partial charge in [0.05, 0.1) is 12.1 Å². The number of amides is 2. The molecule has 1 saturated carbocycles. The van der Waals surface area contributed by atoms with Crippen LogP contribution in [-0.4, -0.2) is 39.8 Å². The van der Waals surface area contributed by atoms with Gasteiger partial charge < -0.3 is 15.4 Å². The number of rotatable bonds is 3. The first kappa shape index (κ1) is 18.5. The quantitative estimate of drug-likeness (QED) is 0.853. The lowest BCUT2D eigenvalue weighted by Gasteiger charge is -2.39. The minimum absolute atomic E-state index is 0.0202. The molecule has 1 atom stereocenters. The second-order valence-corrected chi connectivity index (χ2v) is 7.84. The van der Waals surface area contributed by atoms with Crippen molar-refractivity contribution in [2.75, 3.05) is 6.54 Å². The molecule has 1 aliphatic heterocycles. The molecular weight excluding hydrogens is 356 g/mol. The number of carbonyl (C=O) groups excluding carboxylic acids is 2. The molecule has 2 aromatic rings. The van der Waals surface area contributed by atoms with E-state index in [1.165, 1.54) is 0 Å². The molecule has 2 aliphatic rings. The summed E-state index contributed by atoms with van der Waals surface area (Å²) in [5, 5.41) is 10.4. The molecule has 1 fully saturated rings. The third-order valence-corrected chi connectivity index (χ3v) is 5.89. The molecule has 4 rings (SSSR count). The van der Waals surface area contributed by atoms with Crippen LogP contribution in [0.4, 0.5) is 0 Å². The van der Waals surface area contributed by atoms with Gasteiger partial charge in [0.1, 0.15) is 17.4 Å². The Labute approximate surface area is 164 Å². The zero-order chi connectivity index (χ0) is 19.7. The second-order valence-electron chi connectivity index (χ2n) is 7.84. The molecule has 148 valence electrons. The highest BCUT2D eigenvalue weighted by Gasteiger charge is 2.40. The van der Waals surface area contributed by atoms with Gasteiger partial charge in [-0.2, -0.15) is 5.10 Å². The Kier molecular flexibility index (Phi) is 4.83. The molecule has 2 heterocycles. The SMILES string of the molecule is Cc1ccnn1[C@H](C)C(=O)NC1CCC2(CC1)CNC(=O)c1ccccc1O2. The van der Waals surface area contributed by atoms with E-state index in [-0.39, 0.29) is 23.9 Å². The number of aromatic nitrogens is 2. The number of nitrogens with zero attached hydrogens (tertiary/aromatic N) is 2. The first-order valence-corrected chi connectivity index (χ1v) is 9.84. The van der Waals surface area contributed by atoms with E-state index < -0.39 is 5.60 Å². The minimum Gasteiger partial charge on any atom is -0.485 e. The van der Waals surface area contributed by atoms with E-state index in [4.69, 9.17) is 4.74 Å². The van der Waals surface area contributed by atoms with Crippen LogP contribution in [0.1, 0.15) is 54.7 Å². The van der Waals surface area contributed by atoms with Gasteiger partial charge in [-0.05, 0) is 57.7 Å². The maximum absolute atomic E-state index is 12.6. The Balaban J connectivity index is 1.39. The number of nitrogens with one attached hydrogen (secondary N) is 2. The van der Waals surface area contributed by atoms with Gasteiger partial charge in [0.2, 0.25) is 5.91 Å². The van der Waals surface area contributed by atoms with Crippen LogP contribution in [0.3, 0.4) is 0 Å². The van der Waals surface area contributed by atoms with E-state index in [9.17, 15) is 9.59 Å². The first-order chi connectivity index (χ1) is 13.5. The van der Waals surface area contributed by atoms with Gasteiger partial charge in [-0.3, -0.25) is 14.3 Å². The summed E-state index contributed by atoms with van der Waals surface area (Å²) < 4.78 is 8.06. The van der Waals surface area contributed by atoms with Crippen LogP contribution in [-0.2, 0) is 4.79 Å². The van der Waals surface area contributed by atoms with E-state index >= 15 is 0 Å². The summed E-state index contributed by atoms with van der Waals surface area (Å²) in [6.07, 6.45) is 4.89. The Morgan fingerprint density at radius 3 is 2.79 bits per heavy atom. The number of aryl methyl sites for hydroxylation is 1. The molecule has 0 radical (unpaired) electrons. The Morgan fingerprint density at radius 2 is 2.07 bits per heavy atom. The lowest BCUT2D eigenvalue weighted by Crippen LogP contribution is -2.51. The number of fused-ring (bicyclic) bond motifs is 1. The molecule has 0 unspecified atom stereocenters. The molecule has 1 aliphatic carbocycles. The minimum atomic E-state index is -0.409. The summed E-state index contributed by atoms with van der Waals surface area (Å²) in [5.74, 6) is 0.530. The van der Waals surface area contributed by atoms with Crippen molar-refractivity contribution >= 4 is 11.8 Å². The van der Waals surface area contributed by atoms with Gasteiger partial charge in [0.15, 0.2) is 0 Å². The van der Waals surface area contributed by atoms with Crippen LogP contribution in [0.5, 0.6) is 5.75 Å². The number of ether oxygens (including phenoxy) is 1. The van der Waals surface area contributed by atoms with Crippen molar-refractivity contribution in [1.82, 2.24) is 20.4 Å². The number of hydrogen-bond donors (Lipinski definition) is 2. The van der Waals surface area contributed by atoms with Gasteiger partial charge in [-0.25, -0.2) is 0 Å². The van der Waals surface area contributed by atoms with E-state index in [0.717, 1.165) is 31.4 Å². The Hall–Kier alpha value is -2.83. The van der Waals surface area contributed by atoms with Gasteiger partial charge in [-0.1, -0.05) is 12.1 Å². The smallest absolute Gasteiger partial charge is 0.255 e. The summed E-state index contributed by atoms with van der Waals surface area (Å²) in [6.45, 7) is 4.29. The third-order valence-electron chi connectivity index (χ3n) is 5.89. The van der Waals surface area contributed by atoms with Crippen molar-refractivity contribution in [3.63, 3.8) is 0 Å². The van der Waals surface area contributed by atoms with Crippen LogP contribution < -0.4 is 15.4 Å². The molecule has 28 heavy (non-hydrogen) atoms. The molecule has 2 N–H and O–H groups in total. The van der Waals surface area contributed by atoms with Gasteiger partial charge >= 0.3 is 0 Å². The van der Waals surface area contributed by atoms with Crippen LogP contribution >= 0.6 is 0 Å². The van der Waals surface area contributed by atoms with Crippen molar-refractivity contribution in [3.8, 4) is 5.75 Å². The Bertz CT molecular complexity index is 883. The fourth-order valence-corrected chi connectivity index (χ4v) is 4.13. The fourth-order valence-electron chi connectivity index (χ4n) is 4.13. The monoisotopic (exact) mass is 382 g/mol. The van der Waals surface area contributed by atoms with Crippen molar-refractivity contribution in [3.05, 3.63) is 47.8 Å². The highest BCUT2D eigenvalue weighted by atomic mass is 16.5. The molecule has 0 saturated heterocycles. The summed E-state index contributed by atoms with van der Waals surface area (Å²) in [7, 11) is 0. The van der Waals surface area contributed by atoms with Gasteiger partial charge in [0.25, 0.3) is 5.91 Å². The van der Waals surface area contributed by atoms with Crippen molar-refractivity contribution in [2.24, 2.45) is 0 Å². The predicted octanol–water partition coefficient (Wildman–Crippen LogP) is 2.37. The van der Waals surface area contributed by atoms with E-state index in [0.29, 0.717) is 17.9 Å². The van der Waals surface area contributed by atoms with Crippen LogP contribution in [0.15, 0.2) is 36.5 Å². The maximum Gasteiger partial charge on any atom is 0.255 e. The number of benzene rings is 1. The molecule has 1 spiro atoms. The fraction of sp³-hybridized carbons (Fsp3) is 0.476. The molecule has 7 heteroatoms. The summed E-state index contributed by atoms with van der Waals surface area (Å²) in [4.78, 5) is 24.9. The predicted molar refractivity (Wildman–Crippen MR) is 104 cm³/mol. The maximum atomic E-state index is 12.6.